The topological polar surface area (TPSA) is 96.0 Å². The van der Waals surface area contributed by atoms with E-state index in [9.17, 15) is 18.0 Å². The molecule has 2 rings (SSSR count). The predicted molar refractivity (Wildman–Crippen MR) is 148 cm³/mol. The SMILES string of the molecule is CC[C@@H](C(=O)NC(C)C)N(Cc1ccc(OC)cc1)C(=O)CCCN(c1cc(C)ccc1C)S(C)(=O)=O. The highest BCUT2D eigenvalue weighted by atomic mass is 32.2. The molecule has 0 aromatic heterocycles. The lowest BCUT2D eigenvalue weighted by molar-refractivity contribution is -0.141. The molecule has 37 heavy (non-hydrogen) atoms. The molecule has 0 aliphatic rings. The van der Waals surface area contributed by atoms with Crippen molar-refractivity contribution in [2.45, 2.75) is 72.5 Å². The van der Waals surface area contributed by atoms with Gasteiger partial charge in [0.05, 0.1) is 19.1 Å². The van der Waals surface area contributed by atoms with Gasteiger partial charge in [0.1, 0.15) is 11.8 Å². The third kappa shape index (κ3) is 8.77. The zero-order chi connectivity index (χ0) is 27.8. The van der Waals surface area contributed by atoms with Crippen molar-refractivity contribution in [3.05, 3.63) is 59.2 Å². The van der Waals surface area contributed by atoms with Crippen molar-refractivity contribution in [1.29, 1.82) is 0 Å². The summed E-state index contributed by atoms with van der Waals surface area (Å²) in [6.45, 7) is 9.86. The van der Waals surface area contributed by atoms with E-state index < -0.39 is 16.1 Å². The van der Waals surface area contributed by atoms with Crippen LogP contribution in [0.3, 0.4) is 0 Å². The van der Waals surface area contributed by atoms with E-state index in [4.69, 9.17) is 4.74 Å². The summed E-state index contributed by atoms with van der Waals surface area (Å²) in [5.74, 6) is 0.307. The minimum Gasteiger partial charge on any atom is -0.497 e. The molecule has 0 saturated carbocycles. The van der Waals surface area contributed by atoms with Gasteiger partial charge in [0.25, 0.3) is 0 Å². The Hall–Kier alpha value is -3.07. The Morgan fingerprint density at radius 3 is 2.24 bits per heavy atom. The minimum absolute atomic E-state index is 0.0552. The molecule has 0 aliphatic heterocycles. The van der Waals surface area contributed by atoms with Crippen LogP contribution >= 0.6 is 0 Å². The number of ether oxygens (including phenoxy) is 1. The predicted octanol–water partition coefficient (Wildman–Crippen LogP) is 4.19. The molecule has 2 aromatic rings. The van der Waals surface area contributed by atoms with Crippen molar-refractivity contribution >= 4 is 27.5 Å². The maximum atomic E-state index is 13.5. The van der Waals surface area contributed by atoms with Crippen LogP contribution in [0, 0.1) is 13.8 Å². The Labute approximate surface area is 222 Å². The fraction of sp³-hybridized carbons (Fsp3) is 0.500. The third-order valence-corrected chi connectivity index (χ3v) is 7.29. The molecular formula is C28H41N3O5S. The number of carbonyl (C=O) groups excluding carboxylic acids is 2. The van der Waals surface area contributed by atoms with Crippen LogP contribution in [0.5, 0.6) is 5.75 Å². The highest BCUT2D eigenvalue weighted by molar-refractivity contribution is 7.92. The Morgan fingerprint density at radius 1 is 1.05 bits per heavy atom. The van der Waals surface area contributed by atoms with Gasteiger partial charge in [-0.3, -0.25) is 13.9 Å². The van der Waals surface area contributed by atoms with Crippen LogP contribution in [-0.2, 0) is 26.2 Å². The van der Waals surface area contributed by atoms with Gasteiger partial charge in [0.2, 0.25) is 21.8 Å². The first-order valence-electron chi connectivity index (χ1n) is 12.6. The van der Waals surface area contributed by atoms with Crippen LogP contribution in [0.1, 0.15) is 56.7 Å². The number of aryl methyl sites for hydroxylation is 2. The molecule has 204 valence electrons. The first-order valence-corrected chi connectivity index (χ1v) is 14.5. The highest BCUT2D eigenvalue weighted by Crippen LogP contribution is 2.25. The Morgan fingerprint density at radius 2 is 1.70 bits per heavy atom. The first kappa shape index (κ1) is 30.2. The van der Waals surface area contributed by atoms with E-state index in [0.29, 0.717) is 24.3 Å². The summed E-state index contributed by atoms with van der Waals surface area (Å²) in [6, 6.07) is 12.4. The summed E-state index contributed by atoms with van der Waals surface area (Å²) in [5, 5.41) is 2.92. The number of nitrogens with zero attached hydrogens (tertiary/aromatic N) is 2. The normalized spacial score (nSPS) is 12.2. The molecule has 0 saturated heterocycles. The molecule has 2 aromatic carbocycles. The van der Waals surface area contributed by atoms with E-state index >= 15 is 0 Å². The van der Waals surface area contributed by atoms with Gasteiger partial charge in [-0.15, -0.1) is 0 Å². The van der Waals surface area contributed by atoms with Crippen LogP contribution < -0.4 is 14.4 Å². The standard InChI is InChI=1S/C28H41N3O5S/c1-8-25(28(33)29-20(2)3)30(19-23-13-15-24(36-6)16-14-23)27(32)10-9-17-31(37(7,34)35)26-18-21(4)11-12-22(26)5/h11-16,18,20,25H,8-10,17,19H2,1-7H3,(H,29,33)/t25-/m0/s1. The first-order chi connectivity index (χ1) is 17.4. The molecule has 0 heterocycles. The van der Waals surface area contributed by atoms with Gasteiger partial charge in [0, 0.05) is 25.6 Å². The molecular weight excluding hydrogens is 490 g/mol. The van der Waals surface area contributed by atoms with Gasteiger partial charge in [-0.2, -0.15) is 0 Å². The molecule has 0 spiro atoms. The van der Waals surface area contributed by atoms with Gasteiger partial charge < -0.3 is 15.0 Å². The van der Waals surface area contributed by atoms with E-state index in [-0.39, 0.29) is 37.4 Å². The number of benzene rings is 2. The number of hydrogen-bond donors (Lipinski definition) is 1. The van der Waals surface area contributed by atoms with Crippen molar-refractivity contribution in [1.82, 2.24) is 10.2 Å². The van der Waals surface area contributed by atoms with Crippen LogP contribution in [0.25, 0.3) is 0 Å². The second kappa shape index (κ2) is 13.5. The second-order valence-electron chi connectivity index (χ2n) is 9.69. The number of nitrogens with one attached hydrogen (secondary N) is 1. The lowest BCUT2D eigenvalue weighted by atomic mass is 10.1. The molecule has 0 bridgehead atoms. The number of carbonyl (C=O) groups is 2. The molecule has 9 heteroatoms. The second-order valence-corrected chi connectivity index (χ2v) is 11.6. The number of sulfonamides is 1. The van der Waals surface area contributed by atoms with Crippen molar-refractivity contribution in [2.75, 3.05) is 24.2 Å². The molecule has 0 fully saturated rings. The molecule has 0 unspecified atom stereocenters. The van der Waals surface area contributed by atoms with Crippen molar-refractivity contribution in [2.24, 2.45) is 0 Å². The van der Waals surface area contributed by atoms with E-state index in [1.165, 1.54) is 10.6 Å². The Balaban J connectivity index is 2.25. The largest absolute Gasteiger partial charge is 0.497 e. The Kier molecular flexibility index (Phi) is 11.0. The summed E-state index contributed by atoms with van der Waals surface area (Å²) in [4.78, 5) is 28.1. The summed E-state index contributed by atoms with van der Waals surface area (Å²) < 4.78 is 31.8. The molecule has 1 N–H and O–H groups in total. The van der Waals surface area contributed by atoms with E-state index in [1.54, 1.807) is 12.0 Å². The molecule has 1 atom stereocenters. The van der Waals surface area contributed by atoms with Crippen molar-refractivity contribution in [3.63, 3.8) is 0 Å². The maximum Gasteiger partial charge on any atom is 0.243 e. The number of rotatable bonds is 13. The molecule has 2 amide bonds. The fourth-order valence-corrected chi connectivity index (χ4v) is 5.21. The third-order valence-electron chi connectivity index (χ3n) is 6.11. The monoisotopic (exact) mass is 531 g/mol. The van der Waals surface area contributed by atoms with Gasteiger partial charge in [-0.25, -0.2) is 8.42 Å². The minimum atomic E-state index is -3.55. The fourth-order valence-electron chi connectivity index (χ4n) is 4.20. The average Bonchev–Trinajstić information content (AvgIpc) is 2.82. The lowest BCUT2D eigenvalue weighted by Gasteiger charge is -2.31. The summed E-state index contributed by atoms with van der Waals surface area (Å²) in [6.07, 6.45) is 2.06. The summed E-state index contributed by atoms with van der Waals surface area (Å²) >= 11 is 0. The number of amides is 2. The summed E-state index contributed by atoms with van der Waals surface area (Å²) in [7, 11) is -1.96. The lowest BCUT2D eigenvalue weighted by Crippen LogP contribution is -2.50. The zero-order valence-electron chi connectivity index (χ0n) is 23.1. The smallest absolute Gasteiger partial charge is 0.243 e. The summed E-state index contributed by atoms with van der Waals surface area (Å²) in [5.41, 5.74) is 3.30. The number of methoxy groups -OCH3 is 1. The van der Waals surface area contributed by atoms with Gasteiger partial charge >= 0.3 is 0 Å². The van der Waals surface area contributed by atoms with Crippen LogP contribution in [-0.4, -0.2) is 57.1 Å². The molecule has 8 nitrogen and oxygen atoms in total. The van der Waals surface area contributed by atoms with Gasteiger partial charge in [0.15, 0.2) is 0 Å². The van der Waals surface area contributed by atoms with E-state index in [0.717, 1.165) is 16.7 Å². The van der Waals surface area contributed by atoms with Crippen molar-refractivity contribution in [3.8, 4) is 5.75 Å². The van der Waals surface area contributed by atoms with Crippen LogP contribution in [0.4, 0.5) is 5.69 Å². The maximum absolute atomic E-state index is 13.5. The average molecular weight is 532 g/mol. The van der Waals surface area contributed by atoms with Crippen LogP contribution in [0.15, 0.2) is 42.5 Å². The molecule has 0 aliphatic carbocycles. The number of hydrogen-bond acceptors (Lipinski definition) is 5. The van der Waals surface area contributed by atoms with Gasteiger partial charge in [-0.1, -0.05) is 31.2 Å². The Bertz CT molecular complexity index is 1160. The number of anilines is 1. The van der Waals surface area contributed by atoms with E-state index in [2.05, 4.69) is 5.32 Å². The van der Waals surface area contributed by atoms with Crippen molar-refractivity contribution < 1.29 is 22.7 Å². The van der Waals surface area contributed by atoms with Gasteiger partial charge in [-0.05, 0) is 75.4 Å². The van der Waals surface area contributed by atoms with Crippen LogP contribution in [0.2, 0.25) is 0 Å². The quantitative estimate of drug-likeness (QED) is 0.418. The highest BCUT2D eigenvalue weighted by Gasteiger charge is 2.29. The zero-order valence-corrected chi connectivity index (χ0v) is 23.9. The van der Waals surface area contributed by atoms with E-state index in [1.807, 2.05) is 77.1 Å². The molecule has 0 radical (unpaired) electrons.